The lowest BCUT2D eigenvalue weighted by molar-refractivity contribution is 0.112. The molecule has 2 aromatic rings. The Hall–Kier alpha value is -2.41. The van der Waals surface area contributed by atoms with Crippen LogP contribution in [0.5, 0.6) is 5.75 Å². The van der Waals surface area contributed by atoms with Gasteiger partial charge in [0.05, 0.1) is 5.56 Å². The first kappa shape index (κ1) is 12.1. The Morgan fingerprint density at radius 2 is 2.33 bits per heavy atom. The molecule has 1 aromatic carbocycles. The van der Waals surface area contributed by atoms with E-state index in [0.717, 1.165) is 0 Å². The second kappa shape index (κ2) is 4.84. The summed E-state index contributed by atoms with van der Waals surface area (Å²) in [5, 5.41) is 14.1. The maximum Gasteiger partial charge on any atom is 0.184 e. The quantitative estimate of drug-likeness (QED) is 0.417. The number of rotatable bonds is 2. The fraction of sp³-hybridized carbons (Fsp3) is 0. The Morgan fingerprint density at radius 1 is 1.56 bits per heavy atom. The van der Waals surface area contributed by atoms with E-state index in [2.05, 4.69) is 22.7 Å². The van der Waals surface area contributed by atoms with E-state index in [9.17, 15) is 9.90 Å². The summed E-state index contributed by atoms with van der Waals surface area (Å²) < 4.78 is 5.24. The molecular formula is C11H9N3O3S. The van der Waals surface area contributed by atoms with E-state index in [4.69, 9.17) is 10.2 Å². The predicted molar refractivity (Wildman–Crippen MR) is 68.8 cm³/mol. The van der Waals surface area contributed by atoms with Crippen LogP contribution in [0.1, 0.15) is 10.4 Å². The first-order valence-corrected chi connectivity index (χ1v) is 5.31. The molecule has 0 spiro atoms. The van der Waals surface area contributed by atoms with Gasteiger partial charge in [0.25, 0.3) is 0 Å². The van der Waals surface area contributed by atoms with Crippen molar-refractivity contribution in [2.24, 2.45) is 10.8 Å². The molecule has 2 rings (SSSR count). The molecule has 0 fully saturated rings. The topological polar surface area (TPSA) is 101 Å². The summed E-state index contributed by atoms with van der Waals surface area (Å²) in [6.07, 6.45) is 1.86. The van der Waals surface area contributed by atoms with E-state index in [1.807, 2.05) is 0 Å². The number of nitrogens with two attached hydrogens (primary N) is 1. The monoisotopic (exact) mass is 263 g/mol. The van der Waals surface area contributed by atoms with Gasteiger partial charge < -0.3 is 15.3 Å². The van der Waals surface area contributed by atoms with Gasteiger partial charge in [0.1, 0.15) is 23.0 Å². The zero-order valence-electron chi connectivity index (χ0n) is 9.08. The van der Waals surface area contributed by atoms with Crippen LogP contribution in [0.25, 0.3) is 11.0 Å². The minimum atomic E-state index is -0.0269. The zero-order chi connectivity index (χ0) is 13.1. The molecule has 0 unspecified atom stereocenters. The third-order valence-electron chi connectivity index (χ3n) is 2.21. The lowest BCUT2D eigenvalue weighted by Crippen LogP contribution is -2.27. The van der Waals surface area contributed by atoms with Gasteiger partial charge in [-0.3, -0.25) is 10.2 Å². The third-order valence-corrected chi connectivity index (χ3v) is 2.30. The summed E-state index contributed by atoms with van der Waals surface area (Å²) >= 11 is 4.63. The number of carbonyl (C=O) groups is 1. The van der Waals surface area contributed by atoms with Gasteiger partial charge in [-0.05, 0) is 30.4 Å². The highest BCUT2D eigenvalue weighted by molar-refractivity contribution is 7.80. The Bertz CT molecular complexity index is 693. The van der Waals surface area contributed by atoms with Crippen LogP contribution in [0.3, 0.4) is 0 Å². The molecule has 92 valence electrons. The lowest BCUT2D eigenvalue weighted by Gasteiger charge is -2.02. The van der Waals surface area contributed by atoms with Gasteiger partial charge in [-0.2, -0.15) is 5.10 Å². The van der Waals surface area contributed by atoms with Gasteiger partial charge in [0, 0.05) is 5.39 Å². The number of nitrogens with zero attached hydrogens (tertiary/aromatic N) is 1. The van der Waals surface area contributed by atoms with E-state index in [0.29, 0.717) is 22.6 Å². The minimum Gasteiger partial charge on any atom is -0.508 e. The summed E-state index contributed by atoms with van der Waals surface area (Å²) in [6.45, 7) is 0. The largest absolute Gasteiger partial charge is 0.508 e. The average molecular weight is 263 g/mol. The fourth-order valence-electron chi connectivity index (χ4n) is 1.46. The van der Waals surface area contributed by atoms with Gasteiger partial charge in [-0.15, -0.1) is 0 Å². The molecular weight excluding hydrogens is 254 g/mol. The molecule has 0 aliphatic heterocycles. The second-order valence-corrected chi connectivity index (χ2v) is 3.87. The highest BCUT2D eigenvalue weighted by atomic mass is 32.1. The molecule has 18 heavy (non-hydrogen) atoms. The number of hydrogen-bond acceptors (Lipinski definition) is 5. The first-order chi connectivity index (χ1) is 8.61. The van der Waals surface area contributed by atoms with Crippen molar-refractivity contribution < 1.29 is 14.3 Å². The third kappa shape index (κ3) is 2.30. The van der Waals surface area contributed by atoms with E-state index >= 15 is 0 Å². The Labute approximate surface area is 107 Å². The average Bonchev–Trinajstić information content (AvgIpc) is 2.35. The number of hydrogen-bond donors (Lipinski definition) is 3. The maximum absolute atomic E-state index is 10.9. The summed E-state index contributed by atoms with van der Waals surface area (Å²) in [5.41, 5.74) is 8.36. The van der Waals surface area contributed by atoms with Crippen molar-refractivity contribution in [2.75, 3.05) is 0 Å². The number of fused-ring (bicyclic) bond motifs is 1. The number of benzene rings is 1. The lowest BCUT2D eigenvalue weighted by atomic mass is 10.1. The summed E-state index contributed by atoms with van der Waals surface area (Å²) in [4.78, 5) is 10.9. The second-order valence-electron chi connectivity index (χ2n) is 3.43. The fourth-order valence-corrected chi connectivity index (χ4v) is 1.51. The van der Waals surface area contributed by atoms with Crippen molar-refractivity contribution in [1.29, 1.82) is 0 Å². The highest BCUT2D eigenvalue weighted by Crippen LogP contribution is 2.17. The molecule has 0 bridgehead atoms. The van der Waals surface area contributed by atoms with Crippen molar-refractivity contribution in [2.45, 2.75) is 0 Å². The van der Waals surface area contributed by atoms with E-state index in [1.165, 1.54) is 18.4 Å². The highest BCUT2D eigenvalue weighted by Gasteiger charge is 2.05. The molecule has 0 saturated heterocycles. The molecule has 4 N–H and O–H groups in total. The van der Waals surface area contributed by atoms with Crippen molar-refractivity contribution in [3.63, 3.8) is 0 Å². The van der Waals surface area contributed by atoms with E-state index in [-0.39, 0.29) is 16.4 Å². The van der Waals surface area contributed by atoms with E-state index < -0.39 is 0 Å². The molecule has 1 heterocycles. The van der Waals surface area contributed by atoms with Crippen LogP contribution in [0.4, 0.5) is 0 Å². The van der Waals surface area contributed by atoms with Gasteiger partial charge in [0.15, 0.2) is 11.4 Å². The van der Waals surface area contributed by atoms with Crippen molar-refractivity contribution in [3.8, 4) is 5.75 Å². The standard InChI is InChI=1S/C11H9N3O3S/c12-11(18)14-13-10-6(4-15)5-17-9-2-1-7(16)3-8(9)10/h1-5,16H,(H3,12,14,18). The number of nitrogens with one attached hydrogen (secondary N) is 1. The molecule has 0 saturated carbocycles. The summed E-state index contributed by atoms with van der Waals surface area (Å²) in [5.74, 6) is 0.0347. The van der Waals surface area contributed by atoms with Gasteiger partial charge in [0.2, 0.25) is 0 Å². The Morgan fingerprint density at radius 3 is 3.00 bits per heavy atom. The molecule has 0 radical (unpaired) electrons. The van der Waals surface area contributed by atoms with Crippen molar-refractivity contribution in [3.05, 3.63) is 35.4 Å². The van der Waals surface area contributed by atoms with Crippen LogP contribution in [0, 0.1) is 0 Å². The Balaban J connectivity index is 2.79. The van der Waals surface area contributed by atoms with E-state index in [1.54, 1.807) is 6.07 Å². The first-order valence-electron chi connectivity index (χ1n) is 4.90. The zero-order valence-corrected chi connectivity index (χ0v) is 9.90. The summed E-state index contributed by atoms with van der Waals surface area (Å²) in [7, 11) is 0. The number of aromatic hydroxyl groups is 1. The SMILES string of the molecule is NC(=S)NN=c1c(C=O)coc2ccc(O)cc12. The van der Waals surface area contributed by atoms with Crippen molar-refractivity contribution >= 4 is 34.6 Å². The number of thiocarbonyl (C=S) groups is 1. The normalized spacial score (nSPS) is 11.4. The maximum atomic E-state index is 10.9. The van der Waals surface area contributed by atoms with Crippen LogP contribution in [0.2, 0.25) is 0 Å². The van der Waals surface area contributed by atoms with Crippen LogP contribution in [-0.4, -0.2) is 16.5 Å². The van der Waals surface area contributed by atoms with Crippen LogP contribution >= 0.6 is 12.2 Å². The number of aldehydes is 1. The number of carbonyl (C=O) groups excluding carboxylic acids is 1. The Kier molecular flexibility index (Phi) is 3.24. The van der Waals surface area contributed by atoms with Gasteiger partial charge in [-0.1, -0.05) is 0 Å². The molecule has 1 aromatic heterocycles. The number of phenols is 1. The molecule has 0 aliphatic carbocycles. The molecule has 0 amide bonds. The molecule has 7 heteroatoms. The molecule has 0 atom stereocenters. The van der Waals surface area contributed by atoms with Gasteiger partial charge in [-0.25, -0.2) is 0 Å². The predicted octanol–water partition coefficient (Wildman–Crippen LogP) is 0.600. The molecule has 0 aliphatic rings. The smallest absolute Gasteiger partial charge is 0.184 e. The van der Waals surface area contributed by atoms with Crippen LogP contribution in [-0.2, 0) is 0 Å². The molecule has 6 nitrogen and oxygen atoms in total. The summed E-state index contributed by atoms with van der Waals surface area (Å²) in [6, 6.07) is 4.47. The van der Waals surface area contributed by atoms with Crippen LogP contribution in [0.15, 0.2) is 34.0 Å². The van der Waals surface area contributed by atoms with Crippen LogP contribution < -0.4 is 16.5 Å². The van der Waals surface area contributed by atoms with Gasteiger partial charge >= 0.3 is 0 Å². The minimum absolute atomic E-state index is 0.0269. The number of phenolic OH excluding ortho intramolecular Hbond substituents is 1. The van der Waals surface area contributed by atoms with Crippen molar-refractivity contribution in [1.82, 2.24) is 5.43 Å².